The van der Waals surface area contributed by atoms with Crippen LogP contribution in [0, 0.1) is 0 Å². The second kappa shape index (κ2) is 4.75. The van der Waals surface area contributed by atoms with Crippen LogP contribution in [0.1, 0.15) is 32.6 Å². The van der Waals surface area contributed by atoms with E-state index in [0.29, 0.717) is 12.6 Å². The van der Waals surface area contributed by atoms with Gasteiger partial charge in [0.25, 0.3) is 0 Å². The van der Waals surface area contributed by atoms with Crippen molar-refractivity contribution in [3.63, 3.8) is 0 Å². The lowest BCUT2D eigenvalue weighted by Crippen LogP contribution is -2.58. The van der Waals surface area contributed by atoms with Crippen molar-refractivity contribution in [2.75, 3.05) is 13.7 Å². The van der Waals surface area contributed by atoms with E-state index in [9.17, 15) is 4.79 Å². The van der Waals surface area contributed by atoms with Crippen LogP contribution in [0.15, 0.2) is 0 Å². The smallest absolute Gasteiger partial charge is 0.239 e. The molecule has 0 aliphatic heterocycles. The van der Waals surface area contributed by atoms with Crippen molar-refractivity contribution in [1.29, 1.82) is 0 Å². The minimum absolute atomic E-state index is 0.332. The molecule has 0 bridgehead atoms. The zero-order valence-electron chi connectivity index (χ0n) is 9.01. The van der Waals surface area contributed by atoms with Gasteiger partial charge in [-0.1, -0.05) is 12.8 Å². The molecular formula is C10H20N2O2. The number of nitrogens with one attached hydrogen (secondary N) is 1. The van der Waals surface area contributed by atoms with Crippen LogP contribution < -0.4 is 11.1 Å². The molecule has 3 N–H and O–H groups in total. The summed E-state index contributed by atoms with van der Waals surface area (Å²) in [5.41, 5.74) is 4.64. The Kier molecular flexibility index (Phi) is 3.89. The van der Waals surface area contributed by atoms with Crippen molar-refractivity contribution < 1.29 is 9.53 Å². The highest BCUT2D eigenvalue weighted by molar-refractivity contribution is 5.84. The molecule has 0 radical (unpaired) electrons. The number of nitrogens with two attached hydrogens (primary N) is 1. The molecule has 0 aromatic rings. The minimum atomic E-state index is -0.718. The maximum absolute atomic E-state index is 11.3. The van der Waals surface area contributed by atoms with Crippen LogP contribution in [0.5, 0.6) is 0 Å². The van der Waals surface area contributed by atoms with E-state index in [-0.39, 0.29) is 5.91 Å². The molecule has 1 aliphatic carbocycles. The third-order valence-electron chi connectivity index (χ3n) is 2.85. The summed E-state index contributed by atoms with van der Waals surface area (Å²) in [5, 5.41) is 3.29. The van der Waals surface area contributed by atoms with Gasteiger partial charge in [0.05, 0.1) is 6.61 Å². The molecule has 0 saturated heterocycles. The summed E-state index contributed by atoms with van der Waals surface area (Å²) in [7, 11) is 1.58. The maximum Gasteiger partial charge on any atom is 0.239 e. The third kappa shape index (κ3) is 2.69. The number of primary amides is 1. The largest absolute Gasteiger partial charge is 0.382 e. The first-order valence-corrected chi connectivity index (χ1v) is 5.15. The van der Waals surface area contributed by atoms with E-state index < -0.39 is 5.54 Å². The van der Waals surface area contributed by atoms with Crippen LogP contribution >= 0.6 is 0 Å². The number of hydrogen-bond acceptors (Lipinski definition) is 3. The van der Waals surface area contributed by atoms with Crippen LogP contribution in [0.4, 0.5) is 0 Å². The molecule has 0 aromatic heterocycles. The van der Waals surface area contributed by atoms with Gasteiger partial charge in [0.15, 0.2) is 0 Å². The molecule has 14 heavy (non-hydrogen) atoms. The minimum Gasteiger partial charge on any atom is -0.382 e. The Bertz CT molecular complexity index is 202. The maximum atomic E-state index is 11.3. The zero-order chi connectivity index (χ0) is 10.6. The summed E-state index contributed by atoms with van der Waals surface area (Å²) in [4.78, 5) is 11.3. The number of ether oxygens (including phenoxy) is 1. The molecule has 0 heterocycles. The van der Waals surface area contributed by atoms with Gasteiger partial charge in [-0.25, -0.2) is 0 Å². The molecule has 1 amide bonds. The van der Waals surface area contributed by atoms with Gasteiger partial charge in [-0.3, -0.25) is 10.1 Å². The number of amides is 1. The number of carbonyl (C=O) groups excluding carboxylic acids is 1. The Hall–Kier alpha value is -0.610. The van der Waals surface area contributed by atoms with E-state index in [4.69, 9.17) is 10.5 Å². The summed E-state index contributed by atoms with van der Waals surface area (Å²) in [6, 6.07) is 0.419. The fraction of sp³-hybridized carbons (Fsp3) is 0.900. The van der Waals surface area contributed by atoms with Crippen LogP contribution in [0.3, 0.4) is 0 Å². The second-order valence-corrected chi connectivity index (χ2v) is 4.26. The van der Waals surface area contributed by atoms with Gasteiger partial charge < -0.3 is 10.5 Å². The van der Waals surface area contributed by atoms with Crippen LogP contribution in [-0.2, 0) is 9.53 Å². The number of hydrogen-bond donors (Lipinski definition) is 2. The molecule has 82 valence electrons. The first-order valence-electron chi connectivity index (χ1n) is 5.15. The van der Waals surface area contributed by atoms with Crippen LogP contribution in [-0.4, -0.2) is 31.2 Å². The number of rotatable bonds is 5. The van der Waals surface area contributed by atoms with Gasteiger partial charge in [0.1, 0.15) is 5.54 Å². The zero-order valence-corrected chi connectivity index (χ0v) is 9.01. The highest BCUT2D eigenvalue weighted by Gasteiger charge is 2.34. The van der Waals surface area contributed by atoms with E-state index in [1.165, 1.54) is 12.8 Å². The molecule has 4 nitrogen and oxygen atoms in total. The number of methoxy groups -OCH3 is 1. The van der Waals surface area contributed by atoms with Crippen molar-refractivity contribution in [2.45, 2.75) is 44.2 Å². The third-order valence-corrected chi connectivity index (χ3v) is 2.85. The van der Waals surface area contributed by atoms with Gasteiger partial charge in [0.2, 0.25) is 5.91 Å². The van der Waals surface area contributed by atoms with E-state index in [1.54, 1.807) is 14.0 Å². The van der Waals surface area contributed by atoms with Crippen molar-refractivity contribution in [3.8, 4) is 0 Å². The first-order chi connectivity index (χ1) is 6.58. The fourth-order valence-electron chi connectivity index (χ4n) is 1.99. The molecule has 1 atom stereocenters. The van der Waals surface area contributed by atoms with E-state index >= 15 is 0 Å². The molecule has 4 heteroatoms. The highest BCUT2D eigenvalue weighted by Crippen LogP contribution is 2.20. The van der Waals surface area contributed by atoms with E-state index in [0.717, 1.165) is 12.8 Å². The topological polar surface area (TPSA) is 64.3 Å². The summed E-state index contributed by atoms with van der Waals surface area (Å²) in [6.45, 7) is 2.13. The lowest BCUT2D eigenvalue weighted by atomic mass is 10.0. The average Bonchev–Trinajstić information content (AvgIpc) is 2.56. The number of carbonyl (C=O) groups is 1. The lowest BCUT2D eigenvalue weighted by molar-refractivity contribution is -0.126. The van der Waals surface area contributed by atoms with Gasteiger partial charge in [-0.05, 0) is 19.8 Å². The summed E-state index contributed by atoms with van der Waals surface area (Å²) in [5.74, 6) is -0.341. The Morgan fingerprint density at radius 1 is 1.57 bits per heavy atom. The quantitative estimate of drug-likeness (QED) is 0.675. The predicted molar refractivity (Wildman–Crippen MR) is 54.9 cm³/mol. The highest BCUT2D eigenvalue weighted by atomic mass is 16.5. The molecule has 1 fully saturated rings. The molecule has 1 saturated carbocycles. The molecular weight excluding hydrogens is 180 g/mol. The summed E-state index contributed by atoms with van der Waals surface area (Å²) >= 11 is 0. The predicted octanol–water partition coefficient (Wildman–Crippen LogP) is 0.409. The Balaban J connectivity index is 2.53. The summed E-state index contributed by atoms with van der Waals surface area (Å²) < 4.78 is 5.02. The lowest BCUT2D eigenvalue weighted by Gasteiger charge is -2.30. The molecule has 1 aliphatic rings. The molecule has 1 unspecified atom stereocenters. The Labute approximate surface area is 85.2 Å². The average molecular weight is 200 g/mol. The fourth-order valence-corrected chi connectivity index (χ4v) is 1.99. The Morgan fingerprint density at radius 2 is 2.14 bits per heavy atom. The van der Waals surface area contributed by atoms with Crippen molar-refractivity contribution >= 4 is 5.91 Å². The van der Waals surface area contributed by atoms with Crippen molar-refractivity contribution in [2.24, 2.45) is 5.73 Å². The standard InChI is InChI=1S/C10H20N2O2/c1-10(7-14-2,9(11)13)12-8-5-3-4-6-8/h8,12H,3-7H2,1-2H3,(H2,11,13). The second-order valence-electron chi connectivity index (χ2n) is 4.26. The molecule has 0 aromatic carbocycles. The summed E-state index contributed by atoms with van der Waals surface area (Å²) in [6.07, 6.45) is 4.73. The first kappa shape index (κ1) is 11.5. The van der Waals surface area contributed by atoms with Gasteiger partial charge >= 0.3 is 0 Å². The Morgan fingerprint density at radius 3 is 2.57 bits per heavy atom. The van der Waals surface area contributed by atoms with E-state index in [2.05, 4.69) is 5.32 Å². The van der Waals surface area contributed by atoms with Gasteiger partial charge in [-0.15, -0.1) is 0 Å². The SMILES string of the molecule is COCC(C)(NC1CCCC1)C(N)=O. The monoisotopic (exact) mass is 200 g/mol. The molecule has 1 rings (SSSR count). The molecule has 0 spiro atoms. The van der Waals surface area contributed by atoms with Crippen molar-refractivity contribution in [1.82, 2.24) is 5.32 Å². The van der Waals surface area contributed by atoms with Gasteiger partial charge in [0, 0.05) is 13.2 Å². The van der Waals surface area contributed by atoms with Crippen molar-refractivity contribution in [3.05, 3.63) is 0 Å². The normalized spacial score (nSPS) is 22.1. The van der Waals surface area contributed by atoms with Crippen LogP contribution in [0.25, 0.3) is 0 Å². The van der Waals surface area contributed by atoms with Crippen LogP contribution in [0.2, 0.25) is 0 Å². The van der Waals surface area contributed by atoms with Gasteiger partial charge in [-0.2, -0.15) is 0 Å². The van der Waals surface area contributed by atoms with E-state index in [1.807, 2.05) is 0 Å².